The number of halogens is 3. The molecule has 1 aliphatic heterocycles. The van der Waals surface area contributed by atoms with Gasteiger partial charge in [-0.3, -0.25) is 4.79 Å². The van der Waals surface area contributed by atoms with Crippen LogP contribution in [0.5, 0.6) is 0 Å². The third-order valence-corrected chi connectivity index (χ3v) is 2.59. The Hall–Kier alpha value is -1.47. The van der Waals surface area contributed by atoms with Crippen molar-refractivity contribution in [1.29, 1.82) is 0 Å². The van der Waals surface area contributed by atoms with E-state index in [0.29, 0.717) is 4.90 Å². The van der Waals surface area contributed by atoms with Gasteiger partial charge in [-0.25, -0.2) is 4.79 Å². The van der Waals surface area contributed by atoms with Crippen LogP contribution in [0.1, 0.15) is 20.8 Å². The van der Waals surface area contributed by atoms with Crippen molar-refractivity contribution >= 4 is 12.5 Å². The Labute approximate surface area is 109 Å². The average Bonchev–Trinajstić information content (AvgIpc) is 2.24. The maximum absolute atomic E-state index is 12.8. The summed E-state index contributed by atoms with van der Waals surface area (Å²) < 4.78 is 43.3. The molecule has 0 radical (unpaired) electrons. The maximum Gasteiger partial charge on any atom is 0.410 e. The van der Waals surface area contributed by atoms with E-state index in [2.05, 4.69) is 0 Å². The van der Waals surface area contributed by atoms with E-state index in [1.54, 1.807) is 20.8 Å². The van der Waals surface area contributed by atoms with Crippen molar-refractivity contribution in [2.45, 2.75) is 38.6 Å². The number of nitrogens with zero attached hydrogens (tertiary/aromatic N) is 2. The van der Waals surface area contributed by atoms with Crippen LogP contribution >= 0.6 is 0 Å². The Morgan fingerprint density at radius 3 is 2.26 bits per heavy atom. The van der Waals surface area contributed by atoms with Crippen molar-refractivity contribution in [3.05, 3.63) is 0 Å². The highest BCUT2D eigenvalue weighted by Gasteiger charge is 2.47. The van der Waals surface area contributed by atoms with E-state index in [1.165, 1.54) is 0 Å². The molecule has 1 saturated heterocycles. The molecule has 0 bridgehead atoms. The van der Waals surface area contributed by atoms with Crippen molar-refractivity contribution in [2.75, 3.05) is 19.6 Å². The van der Waals surface area contributed by atoms with Gasteiger partial charge in [0.15, 0.2) is 0 Å². The van der Waals surface area contributed by atoms with E-state index in [-0.39, 0.29) is 19.5 Å². The standard InChI is InChI=1S/C11H17F3N2O3/c1-10(2,3)19-9(18)15-4-5-16(7-17)8(6-15)11(12,13)14/h7-8H,4-6H2,1-3H3. The van der Waals surface area contributed by atoms with E-state index in [9.17, 15) is 22.8 Å². The predicted molar refractivity (Wildman–Crippen MR) is 60.4 cm³/mol. The van der Waals surface area contributed by atoms with Gasteiger partial charge in [-0.1, -0.05) is 0 Å². The largest absolute Gasteiger partial charge is 0.444 e. The maximum atomic E-state index is 12.8. The van der Waals surface area contributed by atoms with Gasteiger partial charge in [0.25, 0.3) is 0 Å². The third-order valence-electron chi connectivity index (χ3n) is 2.59. The minimum absolute atomic E-state index is 0.0280. The second-order valence-electron chi connectivity index (χ2n) is 5.33. The summed E-state index contributed by atoms with van der Waals surface area (Å²) in [6, 6.07) is -1.98. The fourth-order valence-corrected chi connectivity index (χ4v) is 1.71. The first-order valence-corrected chi connectivity index (χ1v) is 5.80. The molecule has 0 spiro atoms. The number of carbonyl (C=O) groups is 2. The van der Waals surface area contributed by atoms with Crippen LogP contribution < -0.4 is 0 Å². The molecule has 1 rings (SSSR count). The minimum atomic E-state index is -4.57. The molecule has 8 heteroatoms. The monoisotopic (exact) mass is 282 g/mol. The van der Waals surface area contributed by atoms with E-state index in [0.717, 1.165) is 4.90 Å². The quantitative estimate of drug-likeness (QED) is 0.687. The number of ether oxygens (including phenoxy) is 1. The summed E-state index contributed by atoms with van der Waals surface area (Å²) in [7, 11) is 0. The lowest BCUT2D eigenvalue weighted by Gasteiger charge is -2.40. The molecule has 110 valence electrons. The number of carbonyl (C=O) groups excluding carboxylic acids is 2. The highest BCUT2D eigenvalue weighted by molar-refractivity contribution is 5.68. The molecule has 1 unspecified atom stereocenters. The molecular weight excluding hydrogens is 265 g/mol. The molecule has 1 fully saturated rings. The normalized spacial score (nSPS) is 21.3. The topological polar surface area (TPSA) is 49.9 Å². The molecule has 1 aliphatic rings. The second kappa shape index (κ2) is 5.26. The summed E-state index contributed by atoms with van der Waals surface area (Å²) in [5, 5.41) is 0. The Balaban J connectivity index is 2.75. The second-order valence-corrected chi connectivity index (χ2v) is 5.33. The van der Waals surface area contributed by atoms with Crippen LogP contribution in [-0.4, -0.2) is 59.8 Å². The zero-order chi connectivity index (χ0) is 14.8. The van der Waals surface area contributed by atoms with Gasteiger partial charge in [-0.2, -0.15) is 13.2 Å². The van der Waals surface area contributed by atoms with Gasteiger partial charge in [-0.15, -0.1) is 0 Å². The number of hydrogen-bond donors (Lipinski definition) is 0. The van der Waals surface area contributed by atoms with Gasteiger partial charge in [0.05, 0.1) is 6.54 Å². The van der Waals surface area contributed by atoms with Crippen LogP contribution in [0.4, 0.5) is 18.0 Å². The van der Waals surface area contributed by atoms with Crippen molar-refractivity contribution < 1.29 is 27.5 Å². The summed E-state index contributed by atoms with van der Waals surface area (Å²) in [4.78, 5) is 24.0. The molecule has 0 aromatic heterocycles. The summed E-state index contributed by atoms with van der Waals surface area (Å²) in [5.41, 5.74) is -0.771. The van der Waals surface area contributed by atoms with E-state index in [4.69, 9.17) is 4.74 Å². The smallest absolute Gasteiger partial charge is 0.410 e. The molecule has 0 aliphatic carbocycles. The van der Waals surface area contributed by atoms with Crippen LogP contribution in [0, 0.1) is 0 Å². The molecular formula is C11H17F3N2O3. The fourth-order valence-electron chi connectivity index (χ4n) is 1.71. The first-order chi connectivity index (χ1) is 8.54. The number of amides is 2. The van der Waals surface area contributed by atoms with Gasteiger partial charge in [-0.05, 0) is 20.8 Å². The van der Waals surface area contributed by atoms with Gasteiger partial charge in [0, 0.05) is 13.1 Å². The Kier molecular flexibility index (Phi) is 4.32. The van der Waals surface area contributed by atoms with E-state index < -0.39 is 30.5 Å². The van der Waals surface area contributed by atoms with Crippen molar-refractivity contribution in [1.82, 2.24) is 9.80 Å². The average molecular weight is 282 g/mol. The summed E-state index contributed by atoms with van der Waals surface area (Å²) in [6.45, 7) is 4.17. The molecule has 0 aromatic rings. The minimum Gasteiger partial charge on any atom is -0.444 e. The molecule has 1 heterocycles. The Morgan fingerprint density at radius 1 is 1.26 bits per heavy atom. The van der Waals surface area contributed by atoms with Crippen molar-refractivity contribution in [2.24, 2.45) is 0 Å². The summed E-state index contributed by atoms with van der Waals surface area (Å²) in [6.07, 6.45) is -5.21. The van der Waals surface area contributed by atoms with E-state index >= 15 is 0 Å². The first kappa shape index (κ1) is 15.6. The number of hydrogen-bond acceptors (Lipinski definition) is 3. The molecule has 1 atom stereocenters. The lowest BCUT2D eigenvalue weighted by atomic mass is 10.1. The predicted octanol–water partition coefficient (Wildman–Crippen LogP) is 1.63. The molecule has 0 aromatic carbocycles. The van der Waals surface area contributed by atoms with Gasteiger partial charge < -0.3 is 14.5 Å². The molecule has 19 heavy (non-hydrogen) atoms. The fraction of sp³-hybridized carbons (Fsp3) is 0.818. The summed E-state index contributed by atoms with van der Waals surface area (Å²) >= 11 is 0. The van der Waals surface area contributed by atoms with Crippen LogP contribution in [0.2, 0.25) is 0 Å². The van der Waals surface area contributed by atoms with Gasteiger partial charge in [0.2, 0.25) is 6.41 Å². The third kappa shape index (κ3) is 4.29. The summed E-state index contributed by atoms with van der Waals surface area (Å²) in [5.74, 6) is 0. The highest BCUT2D eigenvalue weighted by Crippen LogP contribution is 2.27. The first-order valence-electron chi connectivity index (χ1n) is 5.80. The van der Waals surface area contributed by atoms with Crippen molar-refractivity contribution in [3.8, 4) is 0 Å². The SMILES string of the molecule is CC(C)(C)OC(=O)N1CCN(C=O)C(C(F)(F)F)C1. The Bertz CT molecular complexity index is 352. The van der Waals surface area contributed by atoms with Gasteiger partial charge in [0.1, 0.15) is 11.6 Å². The zero-order valence-electron chi connectivity index (χ0n) is 11.0. The van der Waals surface area contributed by atoms with Crippen LogP contribution in [-0.2, 0) is 9.53 Å². The van der Waals surface area contributed by atoms with E-state index in [1.807, 2.05) is 0 Å². The Morgan fingerprint density at radius 2 is 1.84 bits per heavy atom. The number of rotatable bonds is 1. The highest BCUT2D eigenvalue weighted by atomic mass is 19.4. The number of piperazine rings is 1. The van der Waals surface area contributed by atoms with Crippen LogP contribution in [0.3, 0.4) is 0 Å². The lowest BCUT2D eigenvalue weighted by molar-refractivity contribution is -0.194. The lowest BCUT2D eigenvalue weighted by Crippen LogP contribution is -2.60. The zero-order valence-corrected chi connectivity index (χ0v) is 11.0. The van der Waals surface area contributed by atoms with Crippen LogP contribution in [0.15, 0.2) is 0 Å². The number of alkyl halides is 3. The van der Waals surface area contributed by atoms with Crippen molar-refractivity contribution in [3.63, 3.8) is 0 Å². The molecule has 0 N–H and O–H groups in total. The molecule has 5 nitrogen and oxygen atoms in total. The van der Waals surface area contributed by atoms with Crippen LogP contribution in [0.25, 0.3) is 0 Å². The molecule has 0 saturated carbocycles. The van der Waals surface area contributed by atoms with Gasteiger partial charge >= 0.3 is 12.3 Å². The molecule has 2 amide bonds.